The fourth-order valence-electron chi connectivity index (χ4n) is 1.51. The standard InChI is InChI=1S/C10H11Cl2N3O/c1-2-15(9(16)6-3-4-6)7-5-13-10(12)14-8(7)11/h5-6H,2-4H2,1H3. The van der Waals surface area contributed by atoms with E-state index >= 15 is 0 Å². The summed E-state index contributed by atoms with van der Waals surface area (Å²) in [7, 11) is 0. The van der Waals surface area contributed by atoms with Gasteiger partial charge in [-0.2, -0.15) is 0 Å². The molecule has 0 radical (unpaired) electrons. The Morgan fingerprint density at radius 2 is 2.25 bits per heavy atom. The molecule has 0 bridgehead atoms. The summed E-state index contributed by atoms with van der Waals surface area (Å²) in [6, 6.07) is 0. The Morgan fingerprint density at radius 1 is 1.56 bits per heavy atom. The molecule has 1 fully saturated rings. The first kappa shape index (κ1) is 11.6. The monoisotopic (exact) mass is 259 g/mol. The summed E-state index contributed by atoms with van der Waals surface area (Å²) in [6.07, 6.45) is 3.41. The molecule has 0 spiro atoms. The number of hydrogen-bond donors (Lipinski definition) is 0. The van der Waals surface area contributed by atoms with Crippen molar-refractivity contribution in [1.29, 1.82) is 0 Å². The zero-order valence-electron chi connectivity index (χ0n) is 8.78. The molecule has 0 aliphatic heterocycles. The van der Waals surface area contributed by atoms with Crippen LogP contribution in [-0.4, -0.2) is 22.4 Å². The Kier molecular flexibility index (Phi) is 3.30. The fourth-order valence-corrected chi connectivity index (χ4v) is 1.92. The van der Waals surface area contributed by atoms with E-state index in [9.17, 15) is 4.79 Å². The third-order valence-electron chi connectivity index (χ3n) is 2.49. The lowest BCUT2D eigenvalue weighted by molar-refractivity contribution is -0.119. The van der Waals surface area contributed by atoms with Gasteiger partial charge in [0.2, 0.25) is 11.2 Å². The number of rotatable bonds is 3. The van der Waals surface area contributed by atoms with Crippen molar-refractivity contribution in [3.8, 4) is 0 Å². The molecule has 2 rings (SSSR count). The summed E-state index contributed by atoms with van der Waals surface area (Å²) in [6.45, 7) is 2.45. The number of halogens is 2. The molecule has 1 aliphatic rings. The van der Waals surface area contributed by atoms with Gasteiger partial charge in [-0.1, -0.05) is 11.6 Å². The van der Waals surface area contributed by atoms with E-state index in [1.54, 1.807) is 4.90 Å². The molecule has 0 N–H and O–H groups in total. The highest BCUT2D eigenvalue weighted by atomic mass is 35.5. The first-order valence-electron chi connectivity index (χ1n) is 5.13. The zero-order valence-corrected chi connectivity index (χ0v) is 10.3. The van der Waals surface area contributed by atoms with Gasteiger partial charge in [-0.15, -0.1) is 0 Å². The lowest BCUT2D eigenvalue weighted by Gasteiger charge is -2.21. The molecule has 1 aromatic rings. The van der Waals surface area contributed by atoms with Crippen molar-refractivity contribution in [2.75, 3.05) is 11.4 Å². The topological polar surface area (TPSA) is 46.1 Å². The van der Waals surface area contributed by atoms with Gasteiger partial charge in [0.15, 0.2) is 5.15 Å². The second kappa shape index (κ2) is 4.55. The van der Waals surface area contributed by atoms with Crippen LogP contribution in [0.3, 0.4) is 0 Å². The van der Waals surface area contributed by atoms with Crippen LogP contribution in [0.25, 0.3) is 0 Å². The van der Waals surface area contributed by atoms with Gasteiger partial charge in [-0.05, 0) is 31.4 Å². The van der Waals surface area contributed by atoms with Crippen molar-refractivity contribution < 1.29 is 4.79 Å². The van der Waals surface area contributed by atoms with Crippen LogP contribution < -0.4 is 4.90 Å². The van der Waals surface area contributed by atoms with Crippen LogP contribution in [0.5, 0.6) is 0 Å². The summed E-state index contributed by atoms with van der Waals surface area (Å²) in [5, 5.41) is 0.305. The summed E-state index contributed by atoms with van der Waals surface area (Å²) in [5.74, 6) is 0.238. The predicted octanol–water partition coefficient (Wildman–Crippen LogP) is 2.55. The Labute approximate surface area is 104 Å². The van der Waals surface area contributed by atoms with Crippen molar-refractivity contribution in [3.05, 3.63) is 16.6 Å². The van der Waals surface area contributed by atoms with Gasteiger partial charge in [-0.25, -0.2) is 9.97 Å². The molecule has 1 heterocycles. The smallest absolute Gasteiger partial charge is 0.230 e. The largest absolute Gasteiger partial charge is 0.308 e. The SMILES string of the molecule is CCN(C(=O)C1CC1)c1cnc(Cl)nc1Cl. The van der Waals surface area contributed by atoms with Gasteiger partial charge in [0.05, 0.1) is 11.9 Å². The van der Waals surface area contributed by atoms with E-state index in [2.05, 4.69) is 9.97 Å². The number of amides is 1. The summed E-state index contributed by atoms with van der Waals surface area (Å²) in [4.78, 5) is 21.2. The molecule has 0 saturated heterocycles. The van der Waals surface area contributed by atoms with E-state index in [1.165, 1.54) is 6.20 Å². The molecule has 4 nitrogen and oxygen atoms in total. The molecule has 0 atom stereocenters. The Morgan fingerprint density at radius 3 is 2.75 bits per heavy atom. The first-order valence-corrected chi connectivity index (χ1v) is 5.88. The van der Waals surface area contributed by atoms with Gasteiger partial charge in [0, 0.05) is 12.5 Å². The van der Waals surface area contributed by atoms with E-state index in [0.29, 0.717) is 12.2 Å². The maximum absolute atomic E-state index is 12.0. The van der Waals surface area contributed by atoms with E-state index in [4.69, 9.17) is 23.2 Å². The Bertz CT molecular complexity index is 421. The van der Waals surface area contributed by atoms with Gasteiger partial charge in [0.25, 0.3) is 0 Å². The minimum atomic E-state index is 0.0867. The quantitative estimate of drug-likeness (QED) is 0.619. The molecule has 6 heteroatoms. The molecule has 1 aromatic heterocycles. The second-order valence-electron chi connectivity index (χ2n) is 3.67. The number of aromatic nitrogens is 2. The van der Waals surface area contributed by atoms with E-state index in [-0.39, 0.29) is 22.3 Å². The average molecular weight is 260 g/mol. The van der Waals surface area contributed by atoms with Crippen LogP contribution in [0.4, 0.5) is 5.69 Å². The zero-order chi connectivity index (χ0) is 11.7. The number of carbonyl (C=O) groups is 1. The van der Waals surface area contributed by atoms with Crippen LogP contribution in [0.1, 0.15) is 19.8 Å². The fraction of sp³-hybridized carbons (Fsp3) is 0.500. The van der Waals surface area contributed by atoms with Crippen LogP contribution in [-0.2, 0) is 4.79 Å². The van der Waals surface area contributed by atoms with Crippen LogP contribution >= 0.6 is 23.2 Å². The predicted molar refractivity (Wildman–Crippen MR) is 62.8 cm³/mol. The van der Waals surface area contributed by atoms with Crippen molar-refractivity contribution in [2.45, 2.75) is 19.8 Å². The molecular weight excluding hydrogens is 249 g/mol. The normalized spacial score (nSPS) is 14.9. The van der Waals surface area contributed by atoms with Crippen molar-refractivity contribution in [2.24, 2.45) is 5.92 Å². The molecular formula is C10H11Cl2N3O. The lowest BCUT2D eigenvalue weighted by atomic mass is 10.3. The molecule has 1 amide bonds. The minimum absolute atomic E-state index is 0.0867. The van der Waals surface area contributed by atoms with Crippen molar-refractivity contribution in [3.63, 3.8) is 0 Å². The van der Waals surface area contributed by atoms with Crippen molar-refractivity contribution >= 4 is 34.8 Å². The Balaban J connectivity index is 2.28. The highest BCUT2D eigenvalue weighted by Gasteiger charge is 2.34. The Hall–Kier alpha value is -0.870. The number of hydrogen-bond acceptors (Lipinski definition) is 3. The summed E-state index contributed by atoms with van der Waals surface area (Å²) >= 11 is 11.6. The molecule has 1 saturated carbocycles. The second-order valence-corrected chi connectivity index (χ2v) is 4.37. The third-order valence-corrected chi connectivity index (χ3v) is 2.96. The molecule has 16 heavy (non-hydrogen) atoms. The first-order chi connectivity index (χ1) is 7.63. The van der Waals surface area contributed by atoms with Gasteiger partial charge in [-0.3, -0.25) is 4.79 Å². The van der Waals surface area contributed by atoms with Gasteiger partial charge in [0.1, 0.15) is 0 Å². The molecule has 1 aliphatic carbocycles. The molecule has 0 aromatic carbocycles. The summed E-state index contributed by atoms with van der Waals surface area (Å²) in [5.41, 5.74) is 0.533. The van der Waals surface area contributed by atoms with Crippen LogP contribution in [0, 0.1) is 5.92 Å². The number of nitrogens with zero attached hydrogens (tertiary/aromatic N) is 3. The average Bonchev–Trinajstić information content (AvgIpc) is 3.05. The van der Waals surface area contributed by atoms with Crippen LogP contribution in [0.2, 0.25) is 10.4 Å². The van der Waals surface area contributed by atoms with E-state index in [1.807, 2.05) is 6.92 Å². The highest BCUT2D eigenvalue weighted by Crippen LogP contribution is 2.34. The van der Waals surface area contributed by atoms with Crippen LogP contribution in [0.15, 0.2) is 6.20 Å². The maximum atomic E-state index is 12.0. The lowest BCUT2D eigenvalue weighted by Crippen LogP contribution is -2.32. The van der Waals surface area contributed by atoms with E-state index in [0.717, 1.165) is 12.8 Å². The summed E-state index contributed by atoms with van der Waals surface area (Å²) < 4.78 is 0. The third kappa shape index (κ3) is 2.28. The van der Waals surface area contributed by atoms with Gasteiger partial charge >= 0.3 is 0 Å². The van der Waals surface area contributed by atoms with Crippen molar-refractivity contribution in [1.82, 2.24) is 9.97 Å². The highest BCUT2D eigenvalue weighted by molar-refractivity contribution is 6.34. The number of carbonyl (C=O) groups excluding carboxylic acids is 1. The molecule has 86 valence electrons. The maximum Gasteiger partial charge on any atom is 0.230 e. The number of anilines is 1. The minimum Gasteiger partial charge on any atom is -0.308 e. The van der Waals surface area contributed by atoms with E-state index < -0.39 is 0 Å². The molecule has 0 unspecified atom stereocenters. The van der Waals surface area contributed by atoms with Gasteiger partial charge < -0.3 is 4.90 Å².